The molecule has 0 radical (unpaired) electrons. The predicted molar refractivity (Wildman–Crippen MR) is 68.4 cm³/mol. The molecule has 2 fully saturated rings. The van der Waals surface area contributed by atoms with Crippen LogP contribution in [0.5, 0.6) is 0 Å². The summed E-state index contributed by atoms with van der Waals surface area (Å²) in [5, 5.41) is 12.8. The third kappa shape index (κ3) is 3.47. The van der Waals surface area contributed by atoms with Gasteiger partial charge in [0.2, 0.25) is 0 Å². The molecule has 1 saturated heterocycles. The van der Waals surface area contributed by atoms with E-state index in [0.29, 0.717) is 6.04 Å². The molecule has 2 N–H and O–H groups in total. The quantitative estimate of drug-likeness (QED) is 0.692. The number of nitrogens with zero attached hydrogens (tertiary/aromatic N) is 1. The van der Waals surface area contributed by atoms with E-state index in [-0.39, 0.29) is 7.05 Å². The van der Waals surface area contributed by atoms with Gasteiger partial charge in [-0.2, -0.15) is 0 Å². The minimum absolute atomic E-state index is 0.365. The zero-order valence-electron chi connectivity index (χ0n) is 10.5. The summed E-state index contributed by atoms with van der Waals surface area (Å²) in [5.41, 5.74) is 0. The Balaban J connectivity index is 1.80. The minimum atomic E-state index is -0.365. The van der Waals surface area contributed by atoms with Crippen LogP contribution < -0.4 is 5.23 Å². The van der Waals surface area contributed by atoms with E-state index in [2.05, 4.69) is 10.1 Å². The SMILES string of the molecule is CB(O)NC(CN1CCCCC1)C1CCC1. The Morgan fingerprint density at radius 1 is 1.25 bits per heavy atom. The molecule has 2 aliphatic rings. The largest absolute Gasteiger partial charge is 0.437 e. The standard InChI is InChI=1S/C12H25BN2O/c1-13(16)14-12(11-6-5-7-11)10-15-8-3-2-4-9-15/h11-12,14,16H,2-10H2,1H3. The molecule has 1 aliphatic carbocycles. The highest BCUT2D eigenvalue weighted by molar-refractivity contribution is 6.45. The molecule has 1 atom stereocenters. The van der Waals surface area contributed by atoms with E-state index >= 15 is 0 Å². The van der Waals surface area contributed by atoms with Crippen molar-refractivity contribution in [2.45, 2.75) is 51.4 Å². The number of piperidine rings is 1. The van der Waals surface area contributed by atoms with Crippen LogP contribution in [0, 0.1) is 5.92 Å². The maximum absolute atomic E-state index is 9.49. The van der Waals surface area contributed by atoms with Gasteiger partial charge in [-0.1, -0.05) is 12.8 Å². The summed E-state index contributed by atoms with van der Waals surface area (Å²) in [5.74, 6) is 0.802. The first-order chi connectivity index (χ1) is 7.75. The van der Waals surface area contributed by atoms with Crippen LogP contribution in [0.3, 0.4) is 0 Å². The van der Waals surface area contributed by atoms with Crippen LogP contribution in [-0.2, 0) is 0 Å². The summed E-state index contributed by atoms with van der Waals surface area (Å²) in [6.45, 7) is 5.48. The molecule has 1 saturated carbocycles. The fraction of sp³-hybridized carbons (Fsp3) is 1.00. The van der Waals surface area contributed by atoms with Crippen LogP contribution in [-0.4, -0.2) is 42.7 Å². The van der Waals surface area contributed by atoms with Crippen LogP contribution in [0.1, 0.15) is 38.5 Å². The molecule has 0 aromatic heterocycles. The second-order valence-electron chi connectivity index (χ2n) is 5.50. The molecule has 0 spiro atoms. The second kappa shape index (κ2) is 6.03. The van der Waals surface area contributed by atoms with E-state index in [1.54, 1.807) is 0 Å². The average Bonchev–Trinajstić information content (AvgIpc) is 2.15. The van der Waals surface area contributed by atoms with Gasteiger partial charge in [-0.05, 0) is 51.5 Å². The monoisotopic (exact) mass is 224 g/mol. The number of hydrogen-bond acceptors (Lipinski definition) is 3. The van der Waals surface area contributed by atoms with Gasteiger partial charge in [0.15, 0.2) is 0 Å². The highest BCUT2D eigenvalue weighted by atomic mass is 16.2. The van der Waals surface area contributed by atoms with Gasteiger partial charge in [0.1, 0.15) is 0 Å². The Morgan fingerprint density at radius 3 is 2.44 bits per heavy atom. The molecule has 2 rings (SSSR count). The molecule has 0 amide bonds. The first-order valence-electron chi connectivity index (χ1n) is 6.92. The van der Waals surface area contributed by atoms with Crippen molar-refractivity contribution in [1.29, 1.82) is 0 Å². The Hall–Kier alpha value is -0.0551. The Bertz CT molecular complexity index is 203. The van der Waals surface area contributed by atoms with E-state index in [4.69, 9.17) is 0 Å². The molecule has 0 aromatic carbocycles. The van der Waals surface area contributed by atoms with Gasteiger partial charge in [0.05, 0.1) is 0 Å². The molecule has 16 heavy (non-hydrogen) atoms. The molecular formula is C12H25BN2O. The lowest BCUT2D eigenvalue weighted by atomic mass is 9.75. The maximum atomic E-state index is 9.49. The summed E-state index contributed by atoms with van der Waals surface area (Å²) in [7, 11) is -0.365. The van der Waals surface area contributed by atoms with Gasteiger partial charge in [0.25, 0.3) is 0 Å². The van der Waals surface area contributed by atoms with Gasteiger partial charge in [-0.15, -0.1) is 0 Å². The molecule has 1 aliphatic heterocycles. The third-order valence-electron chi connectivity index (χ3n) is 4.08. The van der Waals surface area contributed by atoms with Gasteiger partial charge in [-0.3, -0.25) is 0 Å². The number of hydrogen-bond donors (Lipinski definition) is 2. The minimum Gasteiger partial charge on any atom is -0.437 e. The number of likely N-dealkylation sites (tertiary alicyclic amines) is 1. The van der Waals surface area contributed by atoms with Crippen molar-refractivity contribution >= 4 is 7.05 Å². The molecule has 1 heterocycles. The highest BCUT2D eigenvalue weighted by Crippen LogP contribution is 2.30. The van der Waals surface area contributed by atoms with Gasteiger partial charge < -0.3 is 15.2 Å². The molecule has 92 valence electrons. The van der Waals surface area contributed by atoms with Crippen molar-refractivity contribution in [2.75, 3.05) is 19.6 Å². The van der Waals surface area contributed by atoms with Gasteiger partial charge >= 0.3 is 7.05 Å². The van der Waals surface area contributed by atoms with Crippen molar-refractivity contribution < 1.29 is 5.02 Å². The van der Waals surface area contributed by atoms with Crippen molar-refractivity contribution in [3.8, 4) is 0 Å². The summed E-state index contributed by atoms with van der Waals surface area (Å²) in [4.78, 5) is 2.57. The topological polar surface area (TPSA) is 35.5 Å². The summed E-state index contributed by atoms with van der Waals surface area (Å²) >= 11 is 0. The van der Waals surface area contributed by atoms with E-state index < -0.39 is 0 Å². The lowest BCUT2D eigenvalue weighted by Gasteiger charge is -2.39. The van der Waals surface area contributed by atoms with Crippen LogP contribution in [0.2, 0.25) is 6.82 Å². The van der Waals surface area contributed by atoms with Gasteiger partial charge in [-0.25, -0.2) is 0 Å². The summed E-state index contributed by atoms with van der Waals surface area (Å²) < 4.78 is 0. The highest BCUT2D eigenvalue weighted by Gasteiger charge is 2.30. The average molecular weight is 224 g/mol. The predicted octanol–water partition coefficient (Wildman–Crippen LogP) is 1.34. The lowest BCUT2D eigenvalue weighted by Crippen LogP contribution is -2.52. The smallest absolute Gasteiger partial charge is 0.373 e. The maximum Gasteiger partial charge on any atom is 0.373 e. The van der Waals surface area contributed by atoms with Crippen LogP contribution in [0.15, 0.2) is 0 Å². The molecular weight excluding hydrogens is 199 g/mol. The van der Waals surface area contributed by atoms with E-state index in [9.17, 15) is 5.02 Å². The van der Waals surface area contributed by atoms with Crippen LogP contribution in [0.4, 0.5) is 0 Å². The fourth-order valence-corrected chi connectivity index (χ4v) is 2.91. The molecule has 4 heteroatoms. The summed E-state index contributed by atoms with van der Waals surface area (Å²) in [6.07, 6.45) is 8.17. The van der Waals surface area contributed by atoms with Gasteiger partial charge in [0, 0.05) is 12.6 Å². The van der Waals surface area contributed by atoms with E-state index in [1.165, 1.54) is 51.6 Å². The normalized spacial score (nSPS) is 25.1. The first kappa shape index (κ1) is 12.4. The molecule has 0 aromatic rings. The van der Waals surface area contributed by atoms with E-state index in [1.807, 2.05) is 6.82 Å². The Labute approximate surface area is 99.7 Å². The van der Waals surface area contributed by atoms with Crippen molar-refractivity contribution in [1.82, 2.24) is 10.1 Å². The van der Waals surface area contributed by atoms with Crippen molar-refractivity contribution in [3.63, 3.8) is 0 Å². The molecule has 3 nitrogen and oxygen atoms in total. The lowest BCUT2D eigenvalue weighted by molar-refractivity contribution is 0.155. The molecule has 0 bridgehead atoms. The number of nitrogens with one attached hydrogen (secondary N) is 1. The van der Waals surface area contributed by atoms with Crippen molar-refractivity contribution in [2.24, 2.45) is 5.92 Å². The third-order valence-corrected chi connectivity index (χ3v) is 4.08. The zero-order chi connectivity index (χ0) is 11.4. The fourth-order valence-electron chi connectivity index (χ4n) is 2.91. The second-order valence-corrected chi connectivity index (χ2v) is 5.50. The first-order valence-corrected chi connectivity index (χ1v) is 6.92. The summed E-state index contributed by atoms with van der Waals surface area (Å²) in [6, 6.07) is 0.506. The Morgan fingerprint density at radius 2 is 1.94 bits per heavy atom. The van der Waals surface area contributed by atoms with E-state index in [0.717, 1.165) is 12.5 Å². The van der Waals surface area contributed by atoms with Crippen molar-refractivity contribution in [3.05, 3.63) is 0 Å². The molecule has 1 unspecified atom stereocenters. The van der Waals surface area contributed by atoms with Crippen LogP contribution in [0.25, 0.3) is 0 Å². The Kier molecular flexibility index (Phi) is 4.68. The van der Waals surface area contributed by atoms with Crippen LogP contribution >= 0.6 is 0 Å². The number of rotatable bonds is 5. The zero-order valence-corrected chi connectivity index (χ0v) is 10.5.